The molecule has 7 N–H and O–H groups in total. The van der Waals surface area contributed by atoms with Crippen LogP contribution in [0.25, 0.3) is 0 Å². The van der Waals surface area contributed by atoms with Crippen LogP contribution in [0.3, 0.4) is 0 Å². The van der Waals surface area contributed by atoms with Crippen molar-refractivity contribution < 1.29 is 29.3 Å². The Balaban J connectivity index is 1.72. The Hall–Kier alpha value is -2.54. The molecule has 1 aliphatic heterocycles. The molecule has 3 amide bonds. The second-order valence-corrected chi connectivity index (χ2v) is 6.47. The Labute approximate surface area is 161 Å². The van der Waals surface area contributed by atoms with E-state index in [4.69, 9.17) is 10.5 Å². The Kier molecular flexibility index (Phi) is 7.87. The summed E-state index contributed by atoms with van der Waals surface area (Å²) in [7, 11) is 1.75. The third-order valence-electron chi connectivity index (χ3n) is 4.36. The molecule has 1 aromatic rings. The van der Waals surface area contributed by atoms with Crippen LogP contribution in [0.15, 0.2) is 12.4 Å². The summed E-state index contributed by atoms with van der Waals surface area (Å²) in [6.07, 6.45) is 0.299. The SMILES string of the molecule is Cn1cc([C@@H]2CO[C@H](CNC(=O)CNC(=O)CNC(=O)CN)[C@H](O)[C@@H]2O)cn1. The highest BCUT2D eigenvalue weighted by Gasteiger charge is 2.39. The van der Waals surface area contributed by atoms with E-state index in [1.807, 2.05) is 0 Å². The number of hydrogen-bond donors (Lipinski definition) is 6. The van der Waals surface area contributed by atoms with Gasteiger partial charge in [-0.15, -0.1) is 0 Å². The summed E-state index contributed by atoms with van der Waals surface area (Å²) in [5, 5.41) is 31.8. The minimum absolute atomic E-state index is 0.0312. The van der Waals surface area contributed by atoms with Gasteiger partial charge in [-0.3, -0.25) is 19.1 Å². The van der Waals surface area contributed by atoms with Gasteiger partial charge in [-0.1, -0.05) is 0 Å². The standard InChI is InChI=1S/C16H26N6O6/c1-22-7-9(3-21-22)10-8-28-11(16(27)15(10)26)4-18-13(24)6-20-14(25)5-19-12(23)2-17/h3,7,10-11,15-16,26-27H,2,4-6,8,17H2,1H3,(H,18,24)(H,19,23)(H,20,25)/t10-,11+,15+,16-/m0/s1. The number of aliphatic hydroxyl groups excluding tert-OH is 2. The molecule has 0 unspecified atom stereocenters. The zero-order chi connectivity index (χ0) is 20.7. The number of aliphatic hydroxyl groups is 2. The number of carbonyl (C=O) groups excluding carboxylic acids is 3. The van der Waals surface area contributed by atoms with Crippen LogP contribution in [0.1, 0.15) is 11.5 Å². The highest BCUT2D eigenvalue weighted by molar-refractivity contribution is 5.88. The fraction of sp³-hybridized carbons (Fsp3) is 0.625. The highest BCUT2D eigenvalue weighted by atomic mass is 16.5. The molecule has 0 bridgehead atoms. The Morgan fingerprint density at radius 1 is 1.18 bits per heavy atom. The summed E-state index contributed by atoms with van der Waals surface area (Å²) in [6, 6.07) is 0. The van der Waals surface area contributed by atoms with E-state index in [9.17, 15) is 24.6 Å². The first-order valence-electron chi connectivity index (χ1n) is 8.78. The maximum absolute atomic E-state index is 11.8. The van der Waals surface area contributed by atoms with Crippen molar-refractivity contribution >= 4 is 17.7 Å². The van der Waals surface area contributed by atoms with E-state index in [0.717, 1.165) is 5.56 Å². The number of rotatable bonds is 8. The molecule has 12 heteroatoms. The van der Waals surface area contributed by atoms with E-state index >= 15 is 0 Å². The van der Waals surface area contributed by atoms with Crippen LogP contribution in [0.2, 0.25) is 0 Å². The van der Waals surface area contributed by atoms with Crippen LogP contribution < -0.4 is 21.7 Å². The van der Waals surface area contributed by atoms with Gasteiger partial charge >= 0.3 is 0 Å². The van der Waals surface area contributed by atoms with Gasteiger partial charge in [-0.25, -0.2) is 0 Å². The van der Waals surface area contributed by atoms with Crippen molar-refractivity contribution in [1.82, 2.24) is 25.7 Å². The van der Waals surface area contributed by atoms with Crippen LogP contribution in [0.5, 0.6) is 0 Å². The lowest BCUT2D eigenvalue weighted by Crippen LogP contribution is -2.53. The molecule has 1 aromatic heterocycles. The van der Waals surface area contributed by atoms with Gasteiger partial charge in [-0.05, 0) is 5.56 Å². The third-order valence-corrected chi connectivity index (χ3v) is 4.36. The number of aromatic nitrogens is 2. The lowest BCUT2D eigenvalue weighted by molar-refractivity contribution is -0.147. The fourth-order valence-corrected chi connectivity index (χ4v) is 2.76. The maximum atomic E-state index is 11.8. The van der Waals surface area contributed by atoms with Crippen molar-refractivity contribution in [2.45, 2.75) is 24.2 Å². The molecule has 0 spiro atoms. The van der Waals surface area contributed by atoms with Gasteiger partial charge in [0.1, 0.15) is 12.2 Å². The average molecular weight is 398 g/mol. The number of hydrogen-bond acceptors (Lipinski definition) is 8. The zero-order valence-corrected chi connectivity index (χ0v) is 15.5. The van der Waals surface area contributed by atoms with Crippen molar-refractivity contribution in [3.8, 4) is 0 Å². The molecule has 4 atom stereocenters. The second-order valence-electron chi connectivity index (χ2n) is 6.47. The largest absolute Gasteiger partial charge is 0.390 e. The van der Waals surface area contributed by atoms with Gasteiger partial charge in [0.15, 0.2) is 0 Å². The number of nitrogens with two attached hydrogens (primary N) is 1. The van der Waals surface area contributed by atoms with Gasteiger partial charge in [0.05, 0.1) is 38.5 Å². The average Bonchev–Trinajstić information content (AvgIpc) is 3.11. The molecular weight excluding hydrogens is 372 g/mol. The van der Waals surface area contributed by atoms with Crippen molar-refractivity contribution in [2.75, 3.05) is 32.8 Å². The molecule has 0 aliphatic carbocycles. The summed E-state index contributed by atoms with van der Waals surface area (Å²) < 4.78 is 7.18. The smallest absolute Gasteiger partial charge is 0.239 e. The predicted octanol–water partition coefficient (Wildman–Crippen LogP) is -4.07. The van der Waals surface area contributed by atoms with Gasteiger partial charge < -0.3 is 36.6 Å². The summed E-state index contributed by atoms with van der Waals surface area (Å²) >= 11 is 0. The van der Waals surface area contributed by atoms with Crippen molar-refractivity contribution in [3.05, 3.63) is 18.0 Å². The summed E-state index contributed by atoms with van der Waals surface area (Å²) in [4.78, 5) is 34.3. The van der Waals surface area contributed by atoms with E-state index < -0.39 is 42.0 Å². The van der Waals surface area contributed by atoms with E-state index in [0.29, 0.717) is 0 Å². The molecule has 28 heavy (non-hydrogen) atoms. The van der Waals surface area contributed by atoms with Crippen molar-refractivity contribution in [2.24, 2.45) is 12.8 Å². The van der Waals surface area contributed by atoms with Crippen molar-refractivity contribution in [1.29, 1.82) is 0 Å². The molecule has 0 saturated carbocycles. The van der Waals surface area contributed by atoms with Crippen LogP contribution in [-0.2, 0) is 26.2 Å². The first-order chi connectivity index (χ1) is 13.3. The topological polar surface area (TPSA) is 181 Å². The molecule has 156 valence electrons. The second kappa shape index (κ2) is 10.1. The fourth-order valence-electron chi connectivity index (χ4n) is 2.76. The Morgan fingerprint density at radius 3 is 2.43 bits per heavy atom. The van der Waals surface area contributed by atoms with Gasteiger partial charge in [0.25, 0.3) is 0 Å². The molecule has 0 radical (unpaired) electrons. The summed E-state index contributed by atoms with van der Waals surface area (Å²) in [6.45, 7) is -0.680. The third kappa shape index (κ3) is 5.99. The summed E-state index contributed by atoms with van der Waals surface area (Å²) in [5.41, 5.74) is 5.84. The number of nitrogens with one attached hydrogen (secondary N) is 3. The predicted molar refractivity (Wildman–Crippen MR) is 95.8 cm³/mol. The molecule has 0 aromatic carbocycles. The molecule has 2 rings (SSSR count). The molecule has 1 fully saturated rings. The number of aryl methyl sites for hydroxylation is 1. The minimum atomic E-state index is -1.19. The van der Waals surface area contributed by atoms with Crippen LogP contribution in [-0.4, -0.2) is 88.8 Å². The van der Waals surface area contributed by atoms with Gasteiger partial charge in [0.2, 0.25) is 17.7 Å². The molecule has 1 aliphatic rings. The van der Waals surface area contributed by atoms with Crippen LogP contribution in [0, 0.1) is 0 Å². The Bertz CT molecular complexity index is 695. The van der Waals surface area contributed by atoms with E-state index in [1.165, 1.54) is 0 Å². The number of carbonyl (C=O) groups is 3. The highest BCUT2D eigenvalue weighted by Crippen LogP contribution is 2.28. The number of amides is 3. The molecular formula is C16H26N6O6. The first-order valence-corrected chi connectivity index (χ1v) is 8.78. The Morgan fingerprint density at radius 2 is 1.82 bits per heavy atom. The van der Waals surface area contributed by atoms with E-state index in [1.54, 1.807) is 24.1 Å². The van der Waals surface area contributed by atoms with E-state index in [2.05, 4.69) is 21.0 Å². The number of ether oxygens (including phenoxy) is 1. The quantitative estimate of drug-likeness (QED) is 0.256. The lowest BCUT2D eigenvalue weighted by atomic mass is 9.88. The zero-order valence-electron chi connectivity index (χ0n) is 15.5. The monoisotopic (exact) mass is 398 g/mol. The first kappa shape index (κ1) is 21.8. The van der Waals surface area contributed by atoms with Gasteiger partial charge in [0, 0.05) is 25.7 Å². The molecule has 2 heterocycles. The summed E-state index contributed by atoms with van der Waals surface area (Å²) in [5.74, 6) is -1.94. The van der Waals surface area contributed by atoms with Crippen molar-refractivity contribution in [3.63, 3.8) is 0 Å². The van der Waals surface area contributed by atoms with Gasteiger partial charge in [-0.2, -0.15) is 5.10 Å². The van der Waals surface area contributed by atoms with Crippen LogP contribution >= 0.6 is 0 Å². The van der Waals surface area contributed by atoms with Crippen LogP contribution in [0.4, 0.5) is 0 Å². The molecule has 12 nitrogen and oxygen atoms in total. The van der Waals surface area contributed by atoms with E-state index in [-0.39, 0.29) is 32.8 Å². The molecule has 1 saturated heterocycles. The lowest BCUT2D eigenvalue weighted by Gasteiger charge is -2.37. The maximum Gasteiger partial charge on any atom is 0.239 e. The normalized spacial score (nSPS) is 24.4. The minimum Gasteiger partial charge on any atom is -0.390 e. The number of nitrogens with zero attached hydrogens (tertiary/aromatic N) is 2.